The van der Waals surface area contributed by atoms with Gasteiger partial charge in [0.25, 0.3) is 0 Å². The van der Waals surface area contributed by atoms with Crippen molar-refractivity contribution in [2.75, 3.05) is 38.7 Å². The third kappa shape index (κ3) is 5.09. The number of nitrogens with one attached hydrogen (secondary N) is 2. The van der Waals surface area contributed by atoms with Crippen LogP contribution < -0.4 is 15.4 Å². The van der Waals surface area contributed by atoms with E-state index in [-0.39, 0.29) is 0 Å². The fourth-order valence-corrected chi connectivity index (χ4v) is 2.32. The van der Waals surface area contributed by atoms with Gasteiger partial charge in [-0.1, -0.05) is 6.07 Å². The van der Waals surface area contributed by atoms with E-state index in [1.807, 2.05) is 12.1 Å². The Hall–Kier alpha value is -1.26. The molecule has 1 aromatic carbocycles. The van der Waals surface area contributed by atoms with Gasteiger partial charge in [0.2, 0.25) is 0 Å². The molecule has 1 heterocycles. The maximum atomic E-state index is 5.62. The van der Waals surface area contributed by atoms with Gasteiger partial charge in [-0.05, 0) is 44.5 Å². The van der Waals surface area contributed by atoms with Gasteiger partial charge in [0.05, 0.1) is 6.61 Å². The number of hydrogen-bond acceptors (Lipinski definition) is 4. The van der Waals surface area contributed by atoms with Crippen molar-refractivity contribution < 1.29 is 9.47 Å². The van der Waals surface area contributed by atoms with E-state index in [1.165, 1.54) is 19.3 Å². The maximum Gasteiger partial charge on any atom is 0.121 e. The number of anilines is 1. The highest BCUT2D eigenvalue weighted by atomic mass is 16.5. The van der Waals surface area contributed by atoms with Crippen molar-refractivity contribution in [1.29, 1.82) is 0 Å². The van der Waals surface area contributed by atoms with Crippen molar-refractivity contribution in [2.24, 2.45) is 0 Å². The van der Waals surface area contributed by atoms with E-state index in [2.05, 4.69) is 22.8 Å². The number of ether oxygens (including phenoxy) is 2. The zero-order valence-corrected chi connectivity index (χ0v) is 11.7. The zero-order chi connectivity index (χ0) is 13.3. The van der Waals surface area contributed by atoms with Crippen LogP contribution in [0.3, 0.4) is 0 Å². The Labute approximate surface area is 115 Å². The van der Waals surface area contributed by atoms with Gasteiger partial charge in [0.1, 0.15) is 12.4 Å². The van der Waals surface area contributed by atoms with Gasteiger partial charge >= 0.3 is 0 Å². The molecule has 4 nitrogen and oxygen atoms in total. The summed E-state index contributed by atoms with van der Waals surface area (Å²) in [6.07, 6.45) is 3.64. The lowest BCUT2D eigenvalue weighted by molar-refractivity contribution is 0.146. The predicted octanol–water partition coefficient (Wildman–Crippen LogP) is 2.27. The fourth-order valence-electron chi connectivity index (χ4n) is 2.32. The highest BCUT2D eigenvalue weighted by Gasteiger charge is 2.11. The van der Waals surface area contributed by atoms with Gasteiger partial charge in [-0.2, -0.15) is 0 Å². The first-order chi connectivity index (χ1) is 9.38. The Morgan fingerprint density at radius 1 is 1.26 bits per heavy atom. The fraction of sp³-hybridized carbons (Fsp3) is 0.600. The maximum absolute atomic E-state index is 5.62. The molecule has 0 bridgehead atoms. The van der Waals surface area contributed by atoms with E-state index in [1.54, 1.807) is 7.11 Å². The first-order valence-electron chi connectivity index (χ1n) is 7.07. The number of rotatable bonds is 6. The molecule has 4 heteroatoms. The van der Waals surface area contributed by atoms with Gasteiger partial charge in [0.15, 0.2) is 0 Å². The van der Waals surface area contributed by atoms with Crippen LogP contribution in [-0.4, -0.2) is 39.5 Å². The minimum atomic E-state index is 0.559. The lowest BCUT2D eigenvalue weighted by Crippen LogP contribution is -2.21. The lowest BCUT2D eigenvalue weighted by Gasteiger charge is -2.18. The summed E-state index contributed by atoms with van der Waals surface area (Å²) in [5, 5.41) is 7.03. The Kier molecular flexibility index (Phi) is 5.98. The number of benzene rings is 1. The van der Waals surface area contributed by atoms with Gasteiger partial charge in [-0.25, -0.2) is 0 Å². The van der Waals surface area contributed by atoms with Gasteiger partial charge in [-0.3, -0.25) is 0 Å². The lowest BCUT2D eigenvalue weighted by atomic mass is 10.1. The van der Waals surface area contributed by atoms with Crippen LogP contribution in [0.25, 0.3) is 0 Å². The van der Waals surface area contributed by atoms with E-state index < -0.39 is 0 Å². The molecule has 106 valence electrons. The molecular formula is C15H24N2O2. The molecule has 0 saturated carbocycles. The van der Waals surface area contributed by atoms with Gasteiger partial charge in [0, 0.05) is 24.9 Å². The molecule has 2 rings (SSSR count). The van der Waals surface area contributed by atoms with Crippen LogP contribution in [0.5, 0.6) is 5.75 Å². The zero-order valence-electron chi connectivity index (χ0n) is 11.7. The van der Waals surface area contributed by atoms with Crippen molar-refractivity contribution in [3.8, 4) is 5.75 Å². The highest BCUT2D eigenvalue weighted by Crippen LogP contribution is 2.20. The molecule has 1 unspecified atom stereocenters. The molecule has 0 aromatic heterocycles. The van der Waals surface area contributed by atoms with Gasteiger partial charge < -0.3 is 20.1 Å². The number of hydrogen-bond donors (Lipinski definition) is 2. The summed E-state index contributed by atoms with van der Waals surface area (Å²) < 4.78 is 10.6. The van der Waals surface area contributed by atoms with Crippen molar-refractivity contribution in [1.82, 2.24) is 5.32 Å². The van der Waals surface area contributed by atoms with Crippen LogP contribution in [-0.2, 0) is 4.74 Å². The molecule has 0 amide bonds. The van der Waals surface area contributed by atoms with Crippen LogP contribution in [0.1, 0.15) is 19.3 Å². The largest absolute Gasteiger partial charge is 0.491 e. The monoisotopic (exact) mass is 264 g/mol. The highest BCUT2D eigenvalue weighted by molar-refractivity contribution is 5.48. The summed E-state index contributed by atoms with van der Waals surface area (Å²) >= 11 is 0. The molecule has 2 N–H and O–H groups in total. The predicted molar refractivity (Wildman–Crippen MR) is 77.9 cm³/mol. The first kappa shape index (κ1) is 14.2. The van der Waals surface area contributed by atoms with Crippen LogP contribution in [0.4, 0.5) is 5.69 Å². The summed E-state index contributed by atoms with van der Waals surface area (Å²) in [5.74, 6) is 0.897. The quantitative estimate of drug-likeness (QED) is 0.774. The second-order valence-corrected chi connectivity index (χ2v) is 4.89. The molecule has 1 aliphatic heterocycles. The smallest absolute Gasteiger partial charge is 0.121 e. The number of methoxy groups -OCH3 is 1. The normalized spacial score (nSPS) is 19.7. The van der Waals surface area contributed by atoms with Crippen molar-refractivity contribution in [2.45, 2.75) is 25.3 Å². The first-order valence-corrected chi connectivity index (χ1v) is 7.07. The molecule has 0 spiro atoms. The summed E-state index contributed by atoms with van der Waals surface area (Å²) in [4.78, 5) is 0. The molecular weight excluding hydrogens is 240 g/mol. The second kappa shape index (κ2) is 8.02. The Bertz CT molecular complexity index is 363. The molecule has 1 aromatic rings. The van der Waals surface area contributed by atoms with E-state index in [4.69, 9.17) is 9.47 Å². The molecule has 1 saturated heterocycles. The molecule has 0 radical (unpaired) electrons. The minimum Gasteiger partial charge on any atom is -0.491 e. The van der Waals surface area contributed by atoms with Crippen molar-refractivity contribution >= 4 is 5.69 Å². The van der Waals surface area contributed by atoms with E-state index in [0.29, 0.717) is 19.3 Å². The molecule has 0 aliphatic carbocycles. The molecule has 19 heavy (non-hydrogen) atoms. The van der Waals surface area contributed by atoms with Gasteiger partial charge in [-0.15, -0.1) is 0 Å². The Morgan fingerprint density at radius 2 is 2.21 bits per heavy atom. The minimum absolute atomic E-state index is 0.559. The van der Waals surface area contributed by atoms with E-state index in [0.717, 1.165) is 24.5 Å². The van der Waals surface area contributed by atoms with Crippen LogP contribution in [0.2, 0.25) is 0 Å². The SMILES string of the molecule is COCCOc1cccc(NC2CCCNCC2)c1. The second-order valence-electron chi connectivity index (χ2n) is 4.89. The van der Waals surface area contributed by atoms with Crippen LogP contribution in [0, 0.1) is 0 Å². The summed E-state index contributed by atoms with van der Waals surface area (Å²) in [6.45, 7) is 3.44. The van der Waals surface area contributed by atoms with E-state index >= 15 is 0 Å². The topological polar surface area (TPSA) is 42.5 Å². The Morgan fingerprint density at radius 3 is 3.11 bits per heavy atom. The standard InChI is InChI=1S/C15H24N2O2/c1-18-10-11-19-15-6-2-4-14(12-15)17-13-5-3-8-16-9-7-13/h2,4,6,12-13,16-17H,3,5,7-11H2,1H3. The summed E-state index contributed by atoms with van der Waals surface area (Å²) in [7, 11) is 1.68. The summed E-state index contributed by atoms with van der Waals surface area (Å²) in [5.41, 5.74) is 1.14. The molecule has 1 aliphatic rings. The molecule has 1 atom stereocenters. The average molecular weight is 264 g/mol. The van der Waals surface area contributed by atoms with Crippen LogP contribution in [0.15, 0.2) is 24.3 Å². The van der Waals surface area contributed by atoms with Crippen molar-refractivity contribution in [3.63, 3.8) is 0 Å². The van der Waals surface area contributed by atoms with E-state index in [9.17, 15) is 0 Å². The summed E-state index contributed by atoms with van der Waals surface area (Å²) in [6, 6.07) is 8.73. The molecule has 1 fully saturated rings. The van der Waals surface area contributed by atoms with Crippen LogP contribution >= 0.6 is 0 Å². The van der Waals surface area contributed by atoms with Crippen molar-refractivity contribution in [3.05, 3.63) is 24.3 Å². The third-order valence-electron chi connectivity index (χ3n) is 3.34. The Balaban J connectivity index is 1.86. The average Bonchev–Trinajstić information content (AvgIpc) is 2.68. The third-order valence-corrected chi connectivity index (χ3v) is 3.34.